The Kier molecular flexibility index (Phi) is 8.12. The maximum absolute atomic E-state index is 13.4. The van der Waals surface area contributed by atoms with Crippen LogP contribution in [0.4, 0.5) is 0 Å². The van der Waals surface area contributed by atoms with E-state index in [1.807, 2.05) is 0 Å². The average molecular weight is 633 g/mol. The number of fused-ring (bicyclic) bond motifs is 7. The van der Waals surface area contributed by atoms with Crippen molar-refractivity contribution in [3.63, 3.8) is 0 Å². The molecule has 0 aromatic heterocycles. The number of esters is 2. The Labute approximate surface area is 276 Å². The van der Waals surface area contributed by atoms with Gasteiger partial charge in [0.2, 0.25) is 0 Å². The first kappa shape index (κ1) is 33.3. The van der Waals surface area contributed by atoms with Crippen molar-refractivity contribution in [3.05, 3.63) is 47.5 Å². The SMILES string of the molecule is C=C(C)[C@H]1CC[C@@]2(COC(=O)c3ccccc3C(=O)O)CC[C@]3(C)[C@@H](CC[C@H]4[C@]5(C)CC[C@H](OC(C)=O)C(C)(C)[C@@H]5CC[C@]43C)[C@H]12. The van der Waals surface area contributed by atoms with Crippen molar-refractivity contribution >= 4 is 17.9 Å². The van der Waals surface area contributed by atoms with E-state index in [2.05, 4.69) is 48.1 Å². The van der Waals surface area contributed by atoms with Gasteiger partial charge in [-0.2, -0.15) is 0 Å². The fraction of sp³-hybridized carbons (Fsp3) is 0.725. The predicted octanol–water partition coefficient (Wildman–Crippen LogP) is 9.13. The topological polar surface area (TPSA) is 89.9 Å². The van der Waals surface area contributed by atoms with E-state index in [0.717, 1.165) is 44.9 Å². The number of hydrogen-bond donors (Lipinski definition) is 1. The largest absolute Gasteiger partial charge is 0.478 e. The molecule has 1 aromatic carbocycles. The molecule has 5 aliphatic carbocycles. The summed E-state index contributed by atoms with van der Waals surface area (Å²) in [5.74, 6) is 0.625. The lowest BCUT2D eigenvalue weighted by Crippen LogP contribution is -2.67. The maximum Gasteiger partial charge on any atom is 0.339 e. The number of rotatable bonds is 6. The second-order valence-electron chi connectivity index (χ2n) is 17.4. The van der Waals surface area contributed by atoms with Crippen molar-refractivity contribution in [3.8, 4) is 0 Å². The van der Waals surface area contributed by atoms with E-state index in [1.165, 1.54) is 30.9 Å². The van der Waals surface area contributed by atoms with Crippen molar-refractivity contribution in [2.24, 2.45) is 56.7 Å². The van der Waals surface area contributed by atoms with Crippen LogP contribution in [0.1, 0.15) is 133 Å². The summed E-state index contributed by atoms with van der Waals surface area (Å²) in [6, 6.07) is 6.37. The van der Waals surface area contributed by atoms with Crippen molar-refractivity contribution in [1.29, 1.82) is 0 Å². The first-order chi connectivity index (χ1) is 21.5. The van der Waals surface area contributed by atoms with Gasteiger partial charge in [0.15, 0.2) is 0 Å². The molecule has 10 atom stereocenters. The minimum absolute atomic E-state index is 0.00980. The highest BCUT2D eigenvalue weighted by Crippen LogP contribution is 2.77. The molecular weight excluding hydrogens is 576 g/mol. The molecule has 6 heteroatoms. The molecule has 5 aliphatic rings. The Balaban J connectivity index is 1.30. The molecule has 0 spiro atoms. The number of benzene rings is 1. The number of aromatic carboxylic acids is 1. The Morgan fingerprint density at radius 1 is 0.826 bits per heavy atom. The van der Waals surface area contributed by atoms with E-state index < -0.39 is 11.9 Å². The summed E-state index contributed by atoms with van der Waals surface area (Å²) in [6.07, 6.45) is 11.0. The number of carbonyl (C=O) groups is 3. The van der Waals surface area contributed by atoms with Crippen LogP contribution >= 0.6 is 0 Å². The molecule has 1 aromatic rings. The third-order valence-corrected chi connectivity index (χ3v) is 15.4. The highest BCUT2D eigenvalue weighted by Gasteiger charge is 2.71. The zero-order chi connectivity index (χ0) is 33.4. The molecule has 5 saturated carbocycles. The van der Waals surface area contributed by atoms with Gasteiger partial charge < -0.3 is 14.6 Å². The van der Waals surface area contributed by atoms with Gasteiger partial charge in [-0.3, -0.25) is 4.79 Å². The number of carboxylic acids is 1. The zero-order valence-electron chi connectivity index (χ0n) is 29.2. The van der Waals surface area contributed by atoms with Crippen LogP contribution in [-0.2, 0) is 14.3 Å². The minimum Gasteiger partial charge on any atom is -0.478 e. The van der Waals surface area contributed by atoms with Gasteiger partial charge in [-0.05, 0) is 129 Å². The molecule has 0 saturated heterocycles. The number of carbonyl (C=O) groups excluding carboxylic acids is 2. The minimum atomic E-state index is -1.11. The molecule has 0 radical (unpaired) electrons. The van der Waals surface area contributed by atoms with Crippen LogP contribution in [-0.4, -0.2) is 35.7 Å². The van der Waals surface area contributed by atoms with Gasteiger partial charge in [0.25, 0.3) is 0 Å². The van der Waals surface area contributed by atoms with Crippen LogP contribution < -0.4 is 0 Å². The molecule has 0 aliphatic heterocycles. The molecular formula is C40H56O6. The van der Waals surface area contributed by atoms with E-state index in [0.29, 0.717) is 36.2 Å². The summed E-state index contributed by atoms with van der Waals surface area (Å²) < 4.78 is 12.0. The summed E-state index contributed by atoms with van der Waals surface area (Å²) >= 11 is 0. The molecule has 6 rings (SSSR count). The van der Waals surface area contributed by atoms with Crippen molar-refractivity contribution in [2.45, 2.75) is 119 Å². The van der Waals surface area contributed by atoms with Gasteiger partial charge in [0.1, 0.15) is 6.10 Å². The van der Waals surface area contributed by atoms with E-state index in [1.54, 1.807) is 25.1 Å². The van der Waals surface area contributed by atoms with Gasteiger partial charge in [-0.15, -0.1) is 0 Å². The van der Waals surface area contributed by atoms with E-state index in [4.69, 9.17) is 9.47 Å². The predicted molar refractivity (Wildman–Crippen MR) is 178 cm³/mol. The molecule has 0 heterocycles. The number of ether oxygens (including phenoxy) is 2. The Morgan fingerprint density at radius 3 is 2.17 bits per heavy atom. The molecule has 1 N–H and O–H groups in total. The third-order valence-electron chi connectivity index (χ3n) is 15.4. The maximum atomic E-state index is 13.4. The zero-order valence-corrected chi connectivity index (χ0v) is 29.2. The second kappa shape index (κ2) is 11.2. The molecule has 0 unspecified atom stereocenters. The lowest BCUT2D eigenvalue weighted by molar-refractivity contribution is -0.251. The van der Waals surface area contributed by atoms with Crippen molar-refractivity contribution < 1.29 is 29.0 Å². The first-order valence-corrected chi connectivity index (χ1v) is 17.8. The molecule has 46 heavy (non-hydrogen) atoms. The highest BCUT2D eigenvalue weighted by molar-refractivity contribution is 6.02. The van der Waals surface area contributed by atoms with Gasteiger partial charge in [0, 0.05) is 17.8 Å². The monoisotopic (exact) mass is 632 g/mol. The molecule has 252 valence electrons. The van der Waals surface area contributed by atoms with Crippen LogP contribution in [0.3, 0.4) is 0 Å². The Morgan fingerprint density at radius 2 is 1.52 bits per heavy atom. The normalized spacial score (nSPS) is 42.4. The second-order valence-corrected chi connectivity index (χ2v) is 17.4. The van der Waals surface area contributed by atoms with Crippen LogP contribution in [0.25, 0.3) is 0 Å². The summed E-state index contributed by atoms with van der Waals surface area (Å²) in [5, 5.41) is 9.68. The molecule has 6 nitrogen and oxygen atoms in total. The smallest absolute Gasteiger partial charge is 0.339 e. The molecule has 5 fully saturated rings. The van der Waals surface area contributed by atoms with Crippen molar-refractivity contribution in [1.82, 2.24) is 0 Å². The fourth-order valence-electron chi connectivity index (χ4n) is 13.1. The average Bonchev–Trinajstić information content (AvgIpc) is 3.38. The quantitative estimate of drug-likeness (QED) is 0.249. The van der Waals surface area contributed by atoms with Crippen LogP contribution in [0.2, 0.25) is 0 Å². The van der Waals surface area contributed by atoms with E-state index in [-0.39, 0.29) is 50.3 Å². The van der Waals surface area contributed by atoms with E-state index in [9.17, 15) is 19.5 Å². The molecule has 0 bridgehead atoms. The van der Waals surface area contributed by atoms with Gasteiger partial charge >= 0.3 is 17.9 Å². The van der Waals surface area contributed by atoms with Gasteiger partial charge in [-0.1, -0.05) is 58.9 Å². The summed E-state index contributed by atoms with van der Waals surface area (Å²) in [6.45, 7) is 21.1. The summed E-state index contributed by atoms with van der Waals surface area (Å²) in [4.78, 5) is 37.2. The van der Waals surface area contributed by atoms with Crippen LogP contribution in [0, 0.1) is 56.7 Å². The van der Waals surface area contributed by atoms with E-state index >= 15 is 0 Å². The van der Waals surface area contributed by atoms with Gasteiger partial charge in [0.05, 0.1) is 17.7 Å². The Hall–Kier alpha value is -2.63. The van der Waals surface area contributed by atoms with Crippen LogP contribution in [0.5, 0.6) is 0 Å². The molecule has 0 amide bonds. The highest BCUT2D eigenvalue weighted by atomic mass is 16.5. The summed E-state index contributed by atoms with van der Waals surface area (Å²) in [7, 11) is 0. The standard InChI is InChI=1S/C40H56O6/c1-24(2)26-15-20-40(23-45-35(44)28-12-10-9-11-27(28)34(42)43)22-21-38(7)29(33(26)40)13-14-31-37(6)18-17-32(46-25(3)41)36(4,5)30(37)16-19-39(31,38)8/h9-12,26,29-33H,1,13-23H2,2-8H3,(H,42,43)/t26-,29+,30+,31+,32+,33+,37-,38-,39-,40+/m1/s1. The number of hydrogen-bond acceptors (Lipinski definition) is 5. The van der Waals surface area contributed by atoms with Crippen molar-refractivity contribution in [2.75, 3.05) is 6.61 Å². The van der Waals surface area contributed by atoms with Crippen LogP contribution in [0.15, 0.2) is 36.4 Å². The Bertz CT molecular complexity index is 1430. The lowest BCUT2D eigenvalue weighted by atomic mass is 9.32. The lowest BCUT2D eigenvalue weighted by Gasteiger charge is -2.73. The first-order valence-electron chi connectivity index (χ1n) is 17.8. The third kappa shape index (κ3) is 4.73. The number of allylic oxidation sites excluding steroid dienone is 1. The summed E-state index contributed by atoms with van der Waals surface area (Å²) in [5.41, 5.74) is 1.74. The van der Waals surface area contributed by atoms with Gasteiger partial charge in [-0.25, -0.2) is 9.59 Å². The fourth-order valence-corrected chi connectivity index (χ4v) is 13.1. The number of carboxylic acid groups (broad SMARTS) is 1.